The van der Waals surface area contributed by atoms with Gasteiger partial charge in [-0.25, -0.2) is 18.0 Å². The van der Waals surface area contributed by atoms with E-state index >= 15 is 0 Å². The monoisotopic (exact) mass is 462 g/mol. The smallest absolute Gasteiger partial charge is 0.355 e. The van der Waals surface area contributed by atoms with Crippen LogP contribution in [0.5, 0.6) is 5.75 Å². The number of ether oxygens (including phenoxy) is 1. The molecular formula is C19H11BrO7S. The summed E-state index contributed by atoms with van der Waals surface area (Å²) in [7, 11) is -3.10. The van der Waals surface area contributed by atoms with Crippen LogP contribution in [-0.4, -0.2) is 15.5 Å². The van der Waals surface area contributed by atoms with E-state index in [1.54, 1.807) is 36.4 Å². The fourth-order valence-electron chi connectivity index (χ4n) is 2.83. The Morgan fingerprint density at radius 1 is 0.929 bits per heavy atom. The van der Waals surface area contributed by atoms with Crippen LogP contribution >= 0.6 is 15.9 Å². The van der Waals surface area contributed by atoms with E-state index in [4.69, 9.17) is 13.6 Å². The summed E-state index contributed by atoms with van der Waals surface area (Å²) in [6, 6.07) is 12.0. The molecule has 2 aromatic carbocycles. The Labute approximate surface area is 166 Å². The van der Waals surface area contributed by atoms with Crippen molar-refractivity contribution in [1.29, 1.82) is 0 Å². The molecule has 0 aliphatic heterocycles. The lowest BCUT2D eigenvalue weighted by Crippen LogP contribution is -2.20. The van der Waals surface area contributed by atoms with Crippen molar-refractivity contribution in [3.8, 4) is 5.75 Å². The van der Waals surface area contributed by atoms with Gasteiger partial charge in [0.1, 0.15) is 5.58 Å². The fraction of sp³-hybridized carbons (Fsp3) is 0.0526. The molecule has 0 aliphatic rings. The van der Waals surface area contributed by atoms with Gasteiger partial charge in [-0.2, -0.15) is 0 Å². The first-order valence-electron chi connectivity index (χ1n) is 7.91. The molecule has 0 unspecified atom stereocenters. The number of methoxy groups -OCH3 is 1. The van der Waals surface area contributed by atoms with Crippen LogP contribution in [0.3, 0.4) is 0 Å². The second-order valence-electron chi connectivity index (χ2n) is 5.83. The Bertz CT molecular complexity index is 1470. The average molecular weight is 463 g/mol. The number of para-hydroxylation sites is 1. The van der Waals surface area contributed by atoms with Crippen molar-refractivity contribution in [3.05, 3.63) is 73.8 Å². The molecule has 0 saturated carbocycles. The molecule has 0 saturated heterocycles. The number of hydrogen-bond acceptors (Lipinski definition) is 7. The van der Waals surface area contributed by atoms with Crippen LogP contribution in [0.25, 0.3) is 21.9 Å². The lowest BCUT2D eigenvalue weighted by molar-refractivity contribution is 0.405. The number of benzene rings is 2. The minimum absolute atomic E-state index is 0.0892. The quantitative estimate of drug-likeness (QED) is 0.429. The van der Waals surface area contributed by atoms with E-state index in [-0.39, 0.29) is 16.9 Å². The molecule has 142 valence electrons. The third-order valence-corrected chi connectivity index (χ3v) is 6.61. The molecule has 0 N–H and O–H groups in total. The van der Waals surface area contributed by atoms with E-state index in [9.17, 15) is 18.0 Å². The predicted octanol–water partition coefficient (Wildman–Crippen LogP) is 3.50. The Hall–Kier alpha value is -2.91. The maximum Gasteiger partial charge on any atom is 0.355 e. The van der Waals surface area contributed by atoms with Gasteiger partial charge in [0.15, 0.2) is 21.1 Å². The Morgan fingerprint density at radius 2 is 1.61 bits per heavy atom. The van der Waals surface area contributed by atoms with E-state index in [1.165, 1.54) is 13.2 Å². The summed E-state index contributed by atoms with van der Waals surface area (Å²) in [6.45, 7) is 0. The minimum Gasteiger partial charge on any atom is -0.493 e. The third kappa shape index (κ3) is 2.83. The van der Waals surface area contributed by atoms with Gasteiger partial charge in [0, 0.05) is 15.2 Å². The zero-order chi connectivity index (χ0) is 20.1. The molecule has 0 fully saturated rings. The first kappa shape index (κ1) is 18.5. The molecule has 9 heteroatoms. The summed E-state index contributed by atoms with van der Waals surface area (Å²) in [4.78, 5) is 23.4. The van der Waals surface area contributed by atoms with Crippen molar-refractivity contribution in [3.63, 3.8) is 0 Å². The number of rotatable bonds is 3. The topological polar surface area (TPSA) is 104 Å². The van der Waals surface area contributed by atoms with E-state index in [0.717, 1.165) is 6.07 Å². The van der Waals surface area contributed by atoms with Gasteiger partial charge in [0.2, 0.25) is 9.84 Å². The summed E-state index contributed by atoms with van der Waals surface area (Å²) in [5.74, 6) is 0.268. The van der Waals surface area contributed by atoms with Gasteiger partial charge in [0.25, 0.3) is 0 Å². The molecule has 0 atom stereocenters. The Balaban J connectivity index is 2.03. The first-order valence-corrected chi connectivity index (χ1v) is 10.2. The third-order valence-electron chi connectivity index (χ3n) is 4.19. The zero-order valence-corrected chi connectivity index (χ0v) is 16.7. The largest absolute Gasteiger partial charge is 0.493 e. The highest BCUT2D eigenvalue weighted by molar-refractivity contribution is 9.10. The maximum atomic E-state index is 13.1. The number of halogens is 1. The van der Waals surface area contributed by atoms with E-state index < -0.39 is 30.9 Å². The van der Waals surface area contributed by atoms with E-state index in [1.807, 2.05) is 0 Å². The zero-order valence-electron chi connectivity index (χ0n) is 14.3. The predicted molar refractivity (Wildman–Crippen MR) is 105 cm³/mol. The van der Waals surface area contributed by atoms with Gasteiger partial charge in [-0.05, 0) is 30.3 Å². The molecule has 0 bridgehead atoms. The molecule has 0 aliphatic carbocycles. The molecule has 7 nitrogen and oxygen atoms in total. The highest BCUT2D eigenvalue weighted by Gasteiger charge is 2.28. The van der Waals surface area contributed by atoms with E-state index in [0.29, 0.717) is 15.2 Å². The summed E-state index contributed by atoms with van der Waals surface area (Å²) >= 11 is 3.30. The van der Waals surface area contributed by atoms with Crippen LogP contribution in [0, 0.1) is 0 Å². The standard InChI is InChI=1S/C19H11BrO7S/c1-25-14-7-6-12(20)11-9-16(19(22)27-17(11)14)28(23,24)15-8-10-4-2-3-5-13(10)26-18(15)21/h2-9H,1H3. The number of fused-ring (bicyclic) bond motifs is 2. The summed E-state index contributed by atoms with van der Waals surface area (Å²) in [6.07, 6.45) is 0. The summed E-state index contributed by atoms with van der Waals surface area (Å²) < 4.78 is 42.1. The van der Waals surface area contributed by atoms with Crippen molar-refractivity contribution < 1.29 is 22.0 Å². The molecule has 28 heavy (non-hydrogen) atoms. The van der Waals surface area contributed by atoms with Crippen molar-refractivity contribution >= 4 is 47.7 Å². The molecule has 0 amide bonds. The van der Waals surface area contributed by atoms with Crippen molar-refractivity contribution in [2.75, 3.05) is 7.11 Å². The van der Waals surface area contributed by atoms with Gasteiger partial charge in [-0.3, -0.25) is 0 Å². The lowest BCUT2D eigenvalue weighted by Gasteiger charge is -2.08. The van der Waals surface area contributed by atoms with Crippen LogP contribution in [-0.2, 0) is 9.84 Å². The van der Waals surface area contributed by atoms with Gasteiger partial charge in [-0.15, -0.1) is 0 Å². The molecule has 2 heterocycles. The lowest BCUT2D eigenvalue weighted by atomic mass is 10.2. The molecule has 0 spiro atoms. The van der Waals surface area contributed by atoms with Crippen molar-refractivity contribution in [1.82, 2.24) is 0 Å². The van der Waals surface area contributed by atoms with E-state index in [2.05, 4.69) is 15.9 Å². The first-order chi connectivity index (χ1) is 13.3. The fourth-order valence-corrected chi connectivity index (χ4v) is 4.57. The van der Waals surface area contributed by atoms with Crippen LogP contribution in [0.4, 0.5) is 0 Å². The molecular weight excluding hydrogens is 452 g/mol. The van der Waals surface area contributed by atoms with Crippen LogP contribution in [0.15, 0.2) is 81.2 Å². The van der Waals surface area contributed by atoms with Crippen molar-refractivity contribution in [2.24, 2.45) is 0 Å². The molecule has 4 aromatic rings. The van der Waals surface area contributed by atoms with Gasteiger partial charge >= 0.3 is 11.3 Å². The molecule has 4 rings (SSSR count). The summed E-state index contributed by atoms with van der Waals surface area (Å²) in [5, 5.41) is 0.719. The second-order valence-corrected chi connectivity index (χ2v) is 8.57. The van der Waals surface area contributed by atoms with Gasteiger partial charge in [-0.1, -0.05) is 34.1 Å². The highest BCUT2D eigenvalue weighted by atomic mass is 79.9. The normalized spacial score (nSPS) is 11.8. The average Bonchev–Trinajstić information content (AvgIpc) is 2.67. The Morgan fingerprint density at radius 3 is 2.36 bits per heavy atom. The highest BCUT2D eigenvalue weighted by Crippen LogP contribution is 2.32. The SMILES string of the molecule is COc1ccc(Br)c2cc(S(=O)(=O)c3cc4ccccc4oc3=O)c(=O)oc12. The maximum absolute atomic E-state index is 13.1. The van der Waals surface area contributed by atoms with Crippen LogP contribution < -0.4 is 16.0 Å². The summed E-state index contributed by atoms with van der Waals surface area (Å²) in [5.41, 5.74) is -1.85. The molecule has 2 aromatic heterocycles. The second kappa shape index (κ2) is 6.61. The van der Waals surface area contributed by atoms with Crippen LogP contribution in [0.2, 0.25) is 0 Å². The Kier molecular flexibility index (Phi) is 4.35. The van der Waals surface area contributed by atoms with Gasteiger partial charge < -0.3 is 13.6 Å². The number of sulfone groups is 1. The minimum atomic E-state index is -4.49. The molecule has 0 radical (unpaired) electrons. The van der Waals surface area contributed by atoms with Crippen molar-refractivity contribution in [2.45, 2.75) is 9.79 Å². The van der Waals surface area contributed by atoms with Gasteiger partial charge in [0.05, 0.1) is 7.11 Å². The van der Waals surface area contributed by atoms with Crippen LogP contribution in [0.1, 0.15) is 0 Å². The number of hydrogen-bond donors (Lipinski definition) is 0.